The van der Waals surface area contributed by atoms with E-state index in [-0.39, 0.29) is 18.4 Å². The number of aromatic nitrogens is 1. The predicted molar refractivity (Wildman–Crippen MR) is 84.7 cm³/mol. The Morgan fingerprint density at radius 3 is 2.74 bits per heavy atom. The average Bonchev–Trinajstić information content (AvgIpc) is 3.04. The maximum absolute atomic E-state index is 12.4. The summed E-state index contributed by atoms with van der Waals surface area (Å²) in [5.41, 5.74) is 1.94. The topological polar surface area (TPSA) is 85.5 Å². The van der Waals surface area contributed by atoms with Crippen LogP contribution in [0.3, 0.4) is 0 Å². The molecular weight excluding hydrogens is 296 g/mol. The van der Waals surface area contributed by atoms with Crippen LogP contribution in [0.1, 0.15) is 5.56 Å². The van der Waals surface area contributed by atoms with E-state index in [2.05, 4.69) is 10.3 Å². The van der Waals surface area contributed by atoms with Crippen LogP contribution in [0.5, 0.6) is 0 Å². The van der Waals surface area contributed by atoms with Crippen LogP contribution in [-0.4, -0.2) is 59.3 Å². The number of hydrogen-bond donors (Lipinski definition) is 2. The molecule has 2 heterocycles. The number of imide groups is 1. The Hall–Kier alpha value is -2.83. The highest BCUT2D eigenvalue weighted by molar-refractivity contribution is 6.06. The van der Waals surface area contributed by atoms with Crippen molar-refractivity contribution in [1.29, 1.82) is 0 Å². The number of benzene rings is 1. The number of likely N-dealkylation sites (N-methyl/N-ethyl adjacent to an activating group) is 1. The summed E-state index contributed by atoms with van der Waals surface area (Å²) < 4.78 is 0. The lowest BCUT2D eigenvalue weighted by molar-refractivity contribution is -0.135. The molecule has 0 radical (unpaired) electrons. The van der Waals surface area contributed by atoms with Crippen molar-refractivity contribution in [2.24, 2.45) is 0 Å². The number of carbonyl (C=O) groups is 3. The van der Waals surface area contributed by atoms with Crippen LogP contribution >= 0.6 is 0 Å². The summed E-state index contributed by atoms with van der Waals surface area (Å²) in [6.07, 6.45) is 2.24. The van der Waals surface area contributed by atoms with Crippen molar-refractivity contribution in [3.05, 3.63) is 36.0 Å². The molecule has 0 bridgehead atoms. The molecule has 1 saturated heterocycles. The van der Waals surface area contributed by atoms with Crippen molar-refractivity contribution >= 4 is 28.7 Å². The number of hydrogen-bond acceptors (Lipinski definition) is 3. The van der Waals surface area contributed by atoms with Crippen molar-refractivity contribution in [2.75, 3.05) is 20.6 Å². The minimum atomic E-state index is -0.642. The highest BCUT2D eigenvalue weighted by Gasteiger charge is 2.39. The van der Waals surface area contributed by atoms with Crippen molar-refractivity contribution in [1.82, 2.24) is 20.1 Å². The fourth-order valence-corrected chi connectivity index (χ4v) is 2.66. The molecular formula is C16H18N4O3. The number of amides is 4. The monoisotopic (exact) mass is 314 g/mol. The Morgan fingerprint density at radius 2 is 2.00 bits per heavy atom. The number of urea groups is 1. The first-order valence-electron chi connectivity index (χ1n) is 7.34. The summed E-state index contributed by atoms with van der Waals surface area (Å²) in [6.45, 7) is -0.234. The Labute approximate surface area is 133 Å². The molecule has 1 aliphatic heterocycles. The van der Waals surface area contributed by atoms with E-state index in [0.29, 0.717) is 6.42 Å². The maximum atomic E-state index is 12.4. The van der Waals surface area contributed by atoms with Gasteiger partial charge in [0.15, 0.2) is 0 Å². The second kappa shape index (κ2) is 5.75. The molecule has 0 spiro atoms. The first kappa shape index (κ1) is 15.1. The Bertz CT molecular complexity index is 780. The van der Waals surface area contributed by atoms with Crippen LogP contribution in [-0.2, 0) is 16.0 Å². The van der Waals surface area contributed by atoms with Gasteiger partial charge in [-0.2, -0.15) is 0 Å². The fourth-order valence-electron chi connectivity index (χ4n) is 2.66. The fraction of sp³-hybridized carbons (Fsp3) is 0.312. The molecule has 2 aromatic rings. The number of rotatable bonds is 4. The molecule has 120 valence electrons. The number of nitrogens with one attached hydrogen (secondary N) is 2. The Morgan fingerprint density at radius 1 is 1.26 bits per heavy atom. The van der Waals surface area contributed by atoms with Gasteiger partial charge in [0.2, 0.25) is 5.91 Å². The molecule has 7 heteroatoms. The van der Waals surface area contributed by atoms with Crippen LogP contribution in [0.15, 0.2) is 30.5 Å². The summed E-state index contributed by atoms with van der Waals surface area (Å²) in [6, 6.07) is 6.62. The van der Waals surface area contributed by atoms with Gasteiger partial charge >= 0.3 is 6.03 Å². The molecule has 2 N–H and O–H groups in total. The summed E-state index contributed by atoms with van der Waals surface area (Å²) in [5.74, 6) is -0.656. The van der Waals surface area contributed by atoms with Crippen molar-refractivity contribution in [3.8, 4) is 0 Å². The van der Waals surface area contributed by atoms with Crippen LogP contribution < -0.4 is 5.32 Å². The van der Waals surface area contributed by atoms with E-state index in [1.54, 1.807) is 14.1 Å². The molecule has 1 aliphatic rings. The van der Waals surface area contributed by atoms with Crippen LogP contribution in [0, 0.1) is 0 Å². The van der Waals surface area contributed by atoms with Gasteiger partial charge in [0, 0.05) is 37.6 Å². The number of nitrogens with zero attached hydrogens (tertiary/aromatic N) is 2. The molecule has 1 aromatic carbocycles. The van der Waals surface area contributed by atoms with Gasteiger partial charge in [0.05, 0.1) is 0 Å². The molecule has 1 aromatic heterocycles. The normalized spacial score (nSPS) is 17.7. The Kier molecular flexibility index (Phi) is 3.77. The van der Waals surface area contributed by atoms with E-state index in [4.69, 9.17) is 0 Å². The highest BCUT2D eigenvalue weighted by Crippen LogP contribution is 2.21. The summed E-state index contributed by atoms with van der Waals surface area (Å²) in [7, 11) is 3.18. The highest BCUT2D eigenvalue weighted by atomic mass is 16.2. The van der Waals surface area contributed by atoms with E-state index in [9.17, 15) is 14.4 Å². The standard InChI is InChI=1S/C16H18N4O3/c1-19(2)14(21)9-20-15(22)13(18-16(20)23)7-10-8-17-12-6-4-3-5-11(10)12/h3-6,8,13,17H,7,9H2,1-2H3,(H,18,23)/t13-/m0/s1. The van der Waals surface area contributed by atoms with E-state index < -0.39 is 12.1 Å². The van der Waals surface area contributed by atoms with Gasteiger partial charge in [0.25, 0.3) is 5.91 Å². The molecule has 4 amide bonds. The first-order chi connectivity index (χ1) is 11.0. The smallest absolute Gasteiger partial charge is 0.325 e. The molecule has 23 heavy (non-hydrogen) atoms. The molecule has 1 atom stereocenters. The minimum absolute atomic E-state index is 0.234. The zero-order chi connectivity index (χ0) is 16.6. The van der Waals surface area contributed by atoms with Gasteiger partial charge in [-0.1, -0.05) is 18.2 Å². The molecule has 0 saturated carbocycles. The van der Waals surface area contributed by atoms with Crippen molar-refractivity contribution < 1.29 is 14.4 Å². The molecule has 7 nitrogen and oxygen atoms in total. The molecule has 0 unspecified atom stereocenters. The zero-order valence-corrected chi connectivity index (χ0v) is 13.0. The SMILES string of the molecule is CN(C)C(=O)CN1C(=O)N[C@@H](Cc2c[nH]c3ccccc23)C1=O. The van der Waals surface area contributed by atoms with Gasteiger partial charge in [-0.15, -0.1) is 0 Å². The van der Waals surface area contributed by atoms with Crippen LogP contribution in [0.25, 0.3) is 10.9 Å². The number of aromatic amines is 1. The lowest BCUT2D eigenvalue weighted by atomic mass is 10.1. The summed E-state index contributed by atoms with van der Waals surface area (Å²) >= 11 is 0. The Balaban J connectivity index is 1.76. The lowest BCUT2D eigenvalue weighted by Crippen LogP contribution is -2.40. The zero-order valence-electron chi connectivity index (χ0n) is 13.0. The second-order valence-electron chi connectivity index (χ2n) is 5.78. The van der Waals surface area contributed by atoms with Crippen LogP contribution in [0.2, 0.25) is 0 Å². The number of para-hydroxylation sites is 1. The number of carbonyl (C=O) groups excluding carboxylic acids is 3. The van der Waals surface area contributed by atoms with Gasteiger partial charge in [-0.25, -0.2) is 4.79 Å². The van der Waals surface area contributed by atoms with Gasteiger partial charge in [-0.3, -0.25) is 14.5 Å². The molecule has 3 rings (SSSR count). The third-order valence-corrected chi connectivity index (χ3v) is 4.00. The van der Waals surface area contributed by atoms with Gasteiger partial charge in [-0.05, 0) is 11.6 Å². The van der Waals surface area contributed by atoms with Gasteiger partial charge in [0.1, 0.15) is 12.6 Å². The largest absolute Gasteiger partial charge is 0.361 e. The number of H-pyrrole nitrogens is 1. The van der Waals surface area contributed by atoms with Gasteiger partial charge < -0.3 is 15.2 Å². The number of fused-ring (bicyclic) bond motifs is 1. The van der Waals surface area contributed by atoms with E-state index in [1.807, 2.05) is 30.5 Å². The summed E-state index contributed by atoms with van der Waals surface area (Å²) in [4.78, 5) is 41.6. The van der Waals surface area contributed by atoms with Crippen LogP contribution in [0.4, 0.5) is 4.79 Å². The van der Waals surface area contributed by atoms with E-state index >= 15 is 0 Å². The maximum Gasteiger partial charge on any atom is 0.325 e. The quantitative estimate of drug-likeness (QED) is 0.815. The molecule has 1 fully saturated rings. The van der Waals surface area contributed by atoms with E-state index in [1.165, 1.54) is 4.90 Å². The van der Waals surface area contributed by atoms with E-state index in [0.717, 1.165) is 21.4 Å². The third-order valence-electron chi connectivity index (χ3n) is 4.00. The van der Waals surface area contributed by atoms with Crippen molar-refractivity contribution in [2.45, 2.75) is 12.5 Å². The lowest BCUT2D eigenvalue weighted by Gasteiger charge is -2.16. The average molecular weight is 314 g/mol. The molecule has 0 aliphatic carbocycles. The first-order valence-corrected chi connectivity index (χ1v) is 7.34. The minimum Gasteiger partial charge on any atom is -0.361 e. The summed E-state index contributed by atoms with van der Waals surface area (Å²) in [5, 5.41) is 3.68. The third kappa shape index (κ3) is 2.77. The predicted octanol–water partition coefficient (Wildman–Crippen LogP) is 0.719. The van der Waals surface area contributed by atoms with Crippen molar-refractivity contribution in [3.63, 3.8) is 0 Å². The second-order valence-corrected chi connectivity index (χ2v) is 5.78.